The van der Waals surface area contributed by atoms with Gasteiger partial charge in [-0.3, -0.25) is 9.69 Å². The number of hydrogen-bond donors (Lipinski definition) is 1. The molecule has 0 aliphatic carbocycles. The van der Waals surface area contributed by atoms with E-state index in [0.29, 0.717) is 23.0 Å². The molecule has 6 nitrogen and oxygen atoms in total. The normalized spacial score (nSPS) is 15.8. The van der Waals surface area contributed by atoms with Gasteiger partial charge in [0, 0.05) is 17.1 Å². The van der Waals surface area contributed by atoms with Crippen LogP contribution in [0.1, 0.15) is 49.3 Å². The highest BCUT2D eigenvalue weighted by Gasteiger charge is 2.29. The Bertz CT molecular complexity index is 780. The Morgan fingerprint density at radius 3 is 2.69 bits per heavy atom. The van der Waals surface area contributed by atoms with Gasteiger partial charge in [-0.25, -0.2) is 4.68 Å². The van der Waals surface area contributed by atoms with Gasteiger partial charge in [0.2, 0.25) is 0 Å². The molecule has 0 unspecified atom stereocenters. The molecule has 1 aromatic carbocycles. The molecule has 0 atom stereocenters. The van der Waals surface area contributed by atoms with Crippen molar-refractivity contribution in [1.82, 2.24) is 25.2 Å². The van der Waals surface area contributed by atoms with E-state index in [2.05, 4.69) is 34.4 Å². The number of carbonyl (C=O) groups excluding carboxylic acids is 1. The number of nitrogens with zero attached hydrogens (tertiary/aromatic N) is 4. The van der Waals surface area contributed by atoms with Crippen LogP contribution in [0.3, 0.4) is 0 Å². The van der Waals surface area contributed by atoms with E-state index in [4.69, 9.17) is 11.6 Å². The molecule has 1 aliphatic rings. The highest BCUT2D eigenvalue weighted by molar-refractivity contribution is 6.30. The minimum absolute atomic E-state index is 0.0765. The summed E-state index contributed by atoms with van der Waals surface area (Å²) in [6.07, 6.45) is 3.75. The standard InChI is InChI=1S/C19H26ClN5O/c1-14-17(22-23-25(14)16-9-7-8-15(20)12-16)18(26)21-13-19(2,3)24-10-5-4-6-11-24/h7-9,12H,4-6,10-11,13H2,1-3H3,(H,21,26). The highest BCUT2D eigenvalue weighted by Crippen LogP contribution is 2.20. The minimum atomic E-state index is -0.194. The Morgan fingerprint density at radius 1 is 1.27 bits per heavy atom. The molecular weight excluding hydrogens is 350 g/mol. The molecule has 2 aromatic rings. The molecule has 0 radical (unpaired) electrons. The number of piperidine rings is 1. The molecule has 1 aliphatic heterocycles. The Morgan fingerprint density at radius 2 is 2.00 bits per heavy atom. The minimum Gasteiger partial charge on any atom is -0.349 e. The Hall–Kier alpha value is -1.92. The van der Waals surface area contributed by atoms with Gasteiger partial charge >= 0.3 is 0 Å². The molecule has 3 rings (SSSR count). The van der Waals surface area contributed by atoms with Crippen LogP contribution in [0.25, 0.3) is 5.69 Å². The summed E-state index contributed by atoms with van der Waals surface area (Å²) in [6, 6.07) is 7.33. The maximum absolute atomic E-state index is 12.6. The second-order valence-corrected chi connectivity index (χ2v) is 7.89. The van der Waals surface area contributed by atoms with Gasteiger partial charge in [0.1, 0.15) is 0 Å². The summed E-state index contributed by atoms with van der Waals surface area (Å²) in [5.41, 5.74) is 1.75. The van der Waals surface area contributed by atoms with Crippen LogP contribution < -0.4 is 5.32 Å². The van der Waals surface area contributed by atoms with Crippen LogP contribution in [-0.4, -0.2) is 51.0 Å². The molecule has 1 fully saturated rings. The van der Waals surface area contributed by atoms with Crippen molar-refractivity contribution in [2.75, 3.05) is 19.6 Å². The van der Waals surface area contributed by atoms with Crippen molar-refractivity contribution in [3.05, 3.63) is 40.7 Å². The summed E-state index contributed by atoms with van der Waals surface area (Å²) in [6.45, 7) is 8.95. The quantitative estimate of drug-likeness (QED) is 0.871. The average molecular weight is 376 g/mol. The summed E-state index contributed by atoms with van der Waals surface area (Å²) in [5.74, 6) is -0.194. The van der Waals surface area contributed by atoms with Gasteiger partial charge in [-0.2, -0.15) is 0 Å². The van der Waals surface area contributed by atoms with E-state index in [1.165, 1.54) is 19.3 Å². The Balaban J connectivity index is 1.69. The number of hydrogen-bond acceptors (Lipinski definition) is 4. The van der Waals surface area contributed by atoms with E-state index in [-0.39, 0.29) is 11.4 Å². The topological polar surface area (TPSA) is 63.1 Å². The third-order valence-electron chi connectivity index (χ3n) is 5.06. The molecule has 0 bridgehead atoms. The molecule has 140 valence electrons. The maximum atomic E-state index is 12.6. The Kier molecular flexibility index (Phi) is 5.63. The lowest BCUT2D eigenvalue weighted by molar-refractivity contribution is 0.0794. The molecule has 1 amide bonds. The SMILES string of the molecule is Cc1c(C(=O)NCC(C)(C)N2CCCCC2)nnn1-c1cccc(Cl)c1. The molecular formula is C19H26ClN5O. The van der Waals surface area contributed by atoms with E-state index < -0.39 is 0 Å². The summed E-state index contributed by atoms with van der Waals surface area (Å²) in [4.78, 5) is 15.1. The zero-order valence-electron chi connectivity index (χ0n) is 15.6. The van der Waals surface area contributed by atoms with E-state index in [1.54, 1.807) is 16.8 Å². The number of likely N-dealkylation sites (tertiary alicyclic amines) is 1. The highest BCUT2D eigenvalue weighted by atomic mass is 35.5. The second kappa shape index (κ2) is 7.76. The van der Waals surface area contributed by atoms with Gasteiger partial charge in [-0.15, -0.1) is 5.10 Å². The average Bonchev–Trinajstić information content (AvgIpc) is 3.02. The van der Waals surface area contributed by atoms with E-state index in [9.17, 15) is 4.79 Å². The van der Waals surface area contributed by atoms with Crippen molar-refractivity contribution in [3.63, 3.8) is 0 Å². The maximum Gasteiger partial charge on any atom is 0.273 e. The number of halogens is 1. The molecule has 0 saturated carbocycles. The van der Waals surface area contributed by atoms with Gasteiger partial charge in [0.25, 0.3) is 5.91 Å². The summed E-state index contributed by atoms with van der Waals surface area (Å²) >= 11 is 6.04. The zero-order chi connectivity index (χ0) is 18.7. The first-order valence-corrected chi connectivity index (χ1v) is 9.48. The Labute approximate surface area is 159 Å². The molecule has 1 N–H and O–H groups in total. The van der Waals surface area contributed by atoms with E-state index >= 15 is 0 Å². The van der Waals surface area contributed by atoms with Crippen molar-refractivity contribution in [2.24, 2.45) is 0 Å². The molecule has 7 heteroatoms. The van der Waals surface area contributed by atoms with E-state index in [1.807, 2.05) is 19.1 Å². The van der Waals surface area contributed by atoms with Crippen LogP contribution in [0.4, 0.5) is 0 Å². The molecule has 26 heavy (non-hydrogen) atoms. The fraction of sp³-hybridized carbons (Fsp3) is 0.526. The third kappa shape index (κ3) is 4.07. The summed E-state index contributed by atoms with van der Waals surface area (Å²) < 4.78 is 1.64. The molecule has 2 heterocycles. The van der Waals surface area contributed by atoms with Gasteiger partial charge in [0.15, 0.2) is 5.69 Å². The number of rotatable bonds is 5. The van der Waals surface area contributed by atoms with Crippen molar-refractivity contribution >= 4 is 17.5 Å². The summed E-state index contributed by atoms with van der Waals surface area (Å²) in [5, 5.41) is 11.8. The van der Waals surface area contributed by atoms with Gasteiger partial charge in [-0.05, 0) is 64.9 Å². The fourth-order valence-electron chi connectivity index (χ4n) is 3.38. The van der Waals surface area contributed by atoms with Crippen LogP contribution in [-0.2, 0) is 0 Å². The number of carbonyl (C=O) groups is 1. The molecule has 1 saturated heterocycles. The fourth-order valence-corrected chi connectivity index (χ4v) is 3.57. The monoisotopic (exact) mass is 375 g/mol. The largest absolute Gasteiger partial charge is 0.349 e. The van der Waals surface area contributed by atoms with E-state index in [0.717, 1.165) is 18.8 Å². The lowest BCUT2D eigenvalue weighted by Crippen LogP contribution is -2.53. The third-order valence-corrected chi connectivity index (χ3v) is 5.29. The van der Waals surface area contributed by atoms with Crippen LogP contribution in [0.5, 0.6) is 0 Å². The van der Waals surface area contributed by atoms with Crippen molar-refractivity contribution in [2.45, 2.75) is 45.6 Å². The van der Waals surface area contributed by atoms with Crippen LogP contribution >= 0.6 is 11.6 Å². The summed E-state index contributed by atoms with van der Waals surface area (Å²) in [7, 11) is 0. The first-order valence-electron chi connectivity index (χ1n) is 9.10. The van der Waals surface area contributed by atoms with Gasteiger partial charge in [-0.1, -0.05) is 29.3 Å². The van der Waals surface area contributed by atoms with Crippen molar-refractivity contribution in [3.8, 4) is 5.69 Å². The van der Waals surface area contributed by atoms with Crippen LogP contribution in [0.15, 0.2) is 24.3 Å². The van der Waals surface area contributed by atoms with Gasteiger partial charge in [0.05, 0.1) is 11.4 Å². The zero-order valence-corrected chi connectivity index (χ0v) is 16.4. The van der Waals surface area contributed by atoms with Crippen molar-refractivity contribution < 1.29 is 4.79 Å². The lowest BCUT2D eigenvalue weighted by Gasteiger charge is -2.41. The first-order chi connectivity index (χ1) is 12.4. The second-order valence-electron chi connectivity index (χ2n) is 7.46. The smallest absolute Gasteiger partial charge is 0.273 e. The predicted molar refractivity (Wildman–Crippen MR) is 103 cm³/mol. The molecule has 0 spiro atoms. The van der Waals surface area contributed by atoms with Crippen LogP contribution in [0, 0.1) is 6.92 Å². The number of aromatic nitrogens is 3. The first kappa shape index (κ1) is 18.9. The lowest BCUT2D eigenvalue weighted by atomic mass is 9.98. The number of amides is 1. The number of benzene rings is 1. The predicted octanol–water partition coefficient (Wildman–Crippen LogP) is 3.22. The van der Waals surface area contributed by atoms with Gasteiger partial charge < -0.3 is 5.32 Å². The van der Waals surface area contributed by atoms with Crippen molar-refractivity contribution in [1.29, 1.82) is 0 Å². The molecule has 1 aromatic heterocycles. The number of nitrogens with one attached hydrogen (secondary N) is 1. The van der Waals surface area contributed by atoms with Crippen LogP contribution in [0.2, 0.25) is 5.02 Å².